The van der Waals surface area contributed by atoms with E-state index in [0.717, 1.165) is 24.8 Å². The summed E-state index contributed by atoms with van der Waals surface area (Å²) >= 11 is 0. The lowest BCUT2D eigenvalue weighted by atomic mass is 10.1. The van der Waals surface area contributed by atoms with Crippen molar-refractivity contribution in [3.05, 3.63) is 71.8 Å². The molecule has 2 rings (SSSR count). The summed E-state index contributed by atoms with van der Waals surface area (Å²) in [6.07, 6.45) is 6.77. The first-order valence-electron chi connectivity index (χ1n) is 9.80. The van der Waals surface area contributed by atoms with Crippen molar-refractivity contribution in [3.8, 4) is 0 Å². The molecule has 4 heteroatoms. The van der Waals surface area contributed by atoms with Crippen molar-refractivity contribution >= 4 is 11.9 Å². The van der Waals surface area contributed by atoms with Crippen molar-refractivity contribution in [2.45, 2.75) is 51.5 Å². The van der Waals surface area contributed by atoms with E-state index >= 15 is 0 Å². The van der Waals surface area contributed by atoms with Crippen LogP contribution in [-0.2, 0) is 9.53 Å². The maximum Gasteiger partial charge on any atom is 0.333 e. The third kappa shape index (κ3) is 7.26. The Labute approximate surface area is 161 Å². The maximum absolute atomic E-state index is 12.6. The van der Waals surface area contributed by atoms with Gasteiger partial charge in [0, 0.05) is 5.56 Å². The van der Waals surface area contributed by atoms with Gasteiger partial charge in [0.1, 0.15) is 0 Å². The van der Waals surface area contributed by atoms with Gasteiger partial charge >= 0.3 is 5.97 Å². The minimum absolute atomic E-state index is 0.291. The normalized spacial score (nSPS) is 11.6. The molecule has 4 nitrogen and oxygen atoms in total. The Morgan fingerprint density at radius 1 is 0.852 bits per heavy atom. The molecule has 0 saturated carbocycles. The lowest BCUT2D eigenvalue weighted by Gasteiger charge is -2.18. The van der Waals surface area contributed by atoms with E-state index in [1.54, 1.807) is 24.3 Å². The molecule has 0 bridgehead atoms. The fraction of sp³-hybridized carbons (Fsp3) is 0.391. The third-order valence-electron chi connectivity index (χ3n) is 4.42. The fourth-order valence-electron chi connectivity index (χ4n) is 2.87. The molecule has 0 aliphatic rings. The number of nitrogens with one attached hydrogen (secondary N) is 1. The second-order valence-corrected chi connectivity index (χ2v) is 6.62. The lowest BCUT2D eigenvalue weighted by Crippen LogP contribution is -2.35. The molecule has 144 valence electrons. The van der Waals surface area contributed by atoms with Crippen molar-refractivity contribution in [3.63, 3.8) is 0 Å². The van der Waals surface area contributed by atoms with E-state index in [1.807, 2.05) is 36.4 Å². The zero-order valence-electron chi connectivity index (χ0n) is 16.0. The first-order chi connectivity index (χ1) is 13.2. The molecule has 0 aliphatic heterocycles. The van der Waals surface area contributed by atoms with Gasteiger partial charge in [-0.25, -0.2) is 4.79 Å². The Hall–Kier alpha value is -2.62. The van der Waals surface area contributed by atoms with Crippen molar-refractivity contribution in [2.24, 2.45) is 0 Å². The number of amides is 1. The molecule has 0 heterocycles. The van der Waals surface area contributed by atoms with Crippen LogP contribution in [0.15, 0.2) is 60.7 Å². The minimum Gasteiger partial charge on any atom is -0.464 e. The van der Waals surface area contributed by atoms with E-state index in [0.29, 0.717) is 12.2 Å². The highest BCUT2D eigenvalue weighted by atomic mass is 16.5. The number of carbonyl (C=O) groups excluding carboxylic acids is 2. The minimum atomic E-state index is -0.806. The molecule has 1 atom stereocenters. The fourth-order valence-corrected chi connectivity index (χ4v) is 2.87. The summed E-state index contributed by atoms with van der Waals surface area (Å²) < 4.78 is 5.45. The Morgan fingerprint density at radius 2 is 1.44 bits per heavy atom. The number of unbranched alkanes of at least 4 members (excludes halogenated alkanes) is 5. The molecular weight excluding hydrogens is 338 g/mol. The Kier molecular flexibility index (Phi) is 9.11. The number of esters is 1. The summed E-state index contributed by atoms with van der Waals surface area (Å²) in [5.74, 6) is -0.708. The zero-order valence-corrected chi connectivity index (χ0v) is 16.0. The average molecular weight is 367 g/mol. The van der Waals surface area contributed by atoms with Crippen LogP contribution in [0, 0.1) is 0 Å². The van der Waals surface area contributed by atoms with Crippen LogP contribution in [0.4, 0.5) is 0 Å². The standard InChI is InChI=1S/C23H29NO3/c1-2-3-4-5-6-13-18-27-23(26)21(19-14-9-7-10-15-19)24-22(25)20-16-11-8-12-17-20/h7-12,14-17,21H,2-6,13,18H2,1H3,(H,24,25)/t21-/m1/s1. The zero-order chi connectivity index (χ0) is 19.3. The second-order valence-electron chi connectivity index (χ2n) is 6.62. The monoisotopic (exact) mass is 367 g/mol. The molecule has 0 fully saturated rings. The molecule has 0 unspecified atom stereocenters. The molecule has 0 radical (unpaired) electrons. The molecule has 2 aromatic carbocycles. The Balaban J connectivity index is 1.92. The second kappa shape index (κ2) is 11.9. The largest absolute Gasteiger partial charge is 0.464 e. The van der Waals surface area contributed by atoms with Gasteiger partial charge in [0.25, 0.3) is 5.91 Å². The van der Waals surface area contributed by atoms with E-state index < -0.39 is 12.0 Å². The number of ether oxygens (including phenoxy) is 1. The molecule has 27 heavy (non-hydrogen) atoms. The van der Waals surface area contributed by atoms with Crippen LogP contribution < -0.4 is 5.32 Å². The van der Waals surface area contributed by atoms with Crippen molar-refractivity contribution in [1.82, 2.24) is 5.32 Å². The third-order valence-corrected chi connectivity index (χ3v) is 4.42. The molecule has 1 N–H and O–H groups in total. The highest BCUT2D eigenvalue weighted by Crippen LogP contribution is 2.16. The molecule has 2 aromatic rings. The number of rotatable bonds is 11. The van der Waals surface area contributed by atoms with E-state index in [9.17, 15) is 9.59 Å². The van der Waals surface area contributed by atoms with E-state index in [4.69, 9.17) is 4.74 Å². The van der Waals surface area contributed by atoms with Gasteiger partial charge in [0.15, 0.2) is 6.04 Å². The van der Waals surface area contributed by atoms with Gasteiger partial charge < -0.3 is 10.1 Å². The number of hydrogen-bond acceptors (Lipinski definition) is 3. The summed E-state index contributed by atoms with van der Waals surface area (Å²) in [6.45, 7) is 2.57. The summed E-state index contributed by atoms with van der Waals surface area (Å²) in [7, 11) is 0. The molecule has 0 aromatic heterocycles. The van der Waals surface area contributed by atoms with Gasteiger partial charge in [-0.15, -0.1) is 0 Å². The smallest absolute Gasteiger partial charge is 0.333 e. The van der Waals surface area contributed by atoms with Crippen LogP contribution in [0.25, 0.3) is 0 Å². The van der Waals surface area contributed by atoms with E-state index in [1.165, 1.54) is 19.3 Å². The Morgan fingerprint density at radius 3 is 2.11 bits per heavy atom. The van der Waals surface area contributed by atoms with Crippen LogP contribution in [0.1, 0.15) is 67.4 Å². The van der Waals surface area contributed by atoms with Crippen LogP contribution in [0.3, 0.4) is 0 Å². The van der Waals surface area contributed by atoms with Crippen molar-refractivity contribution in [1.29, 1.82) is 0 Å². The van der Waals surface area contributed by atoms with Crippen molar-refractivity contribution in [2.75, 3.05) is 6.61 Å². The summed E-state index contributed by atoms with van der Waals surface area (Å²) in [5.41, 5.74) is 1.23. The van der Waals surface area contributed by atoms with Crippen LogP contribution in [-0.4, -0.2) is 18.5 Å². The van der Waals surface area contributed by atoms with Gasteiger partial charge in [-0.05, 0) is 24.1 Å². The predicted octanol–water partition coefficient (Wildman–Crippen LogP) is 5.06. The number of hydrogen-bond donors (Lipinski definition) is 1. The van der Waals surface area contributed by atoms with Gasteiger partial charge in [-0.1, -0.05) is 87.6 Å². The van der Waals surface area contributed by atoms with Crippen molar-refractivity contribution < 1.29 is 14.3 Å². The Bertz CT molecular complexity index is 685. The number of benzene rings is 2. The van der Waals surface area contributed by atoms with E-state index in [-0.39, 0.29) is 5.91 Å². The highest BCUT2D eigenvalue weighted by molar-refractivity contribution is 5.97. The molecule has 0 spiro atoms. The van der Waals surface area contributed by atoms with Crippen LogP contribution in [0.5, 0.6) is 0 Å². The molecule has 0 saturated heterocycles. The quantitative estimate of drug-likeness (QED) is 0.446. The lowest BCUT2D eigenvalue weighted by molar-refractivity contribution is -0.146. The highest BCUT2D eigenvalue weighted by Gasteiger charge is 2.24. The van der Waals surface area contributed by atoms with E-state index in [2.05, 4.69) is 12.2 Å². The SMILES string of the molecule is CCCCCCCCOC(=O)[C@H](NC(=O)c1ccccc1)c1ccccc1. The summed E-state index contributed by atoms with van der Waals surface area (Å²) in [4.78, 5) is 25.1. The summed E-state index contributed by atoms with van der Waals surface area (Å²) in [6, 6.07) is 17.3. The van der Waals surface area contributed by atoms with Gasteiger partial charge in [0.2, 0.25) is 0 Å². The predicted molar refractivity (Wildman–Crippen MR) is 107 cm³/mol. The van der Waals surface area contributed by atoms with Crippen LogP contribution in [0.2, 0.25) is 0 Å². The molecule has 0 aliphatic carbocycles. The topological polar surface area (TPSA) is 55.4 Å². The molecular formula is C23H29NO3. The number of carbonyl (C=O) groups is 2. The molecule has 1 amide bonds. The summed E-state index contributed by atoms with van der Waals surface area (Å²) in [5, 5.41) is 2.80. The first-order valence-corrected chi connectivity index (χ1v) is 9.80. The van der Waals surface area contributed by atoms with Crippen LogP contribution >= 0.6 is 0 Å². The van der Waals surface area contributed by atoms with Gasteiger partial charge in [0.05, 0.1) is 6.61 Å². The average Bonchev–Trinajstić information content (AvgIpc) is 2.72. The first kappa shape index (κ1) is 20.7. The maximum atomic E-state index is 12.6. The van der Waals surface area contributed by atoms with Gasteiger partial charge in [-0.3, -0.25) is 4.79 Å². The van der Waals surface area contributed by atoms with Gasteiger partial charge in [-0.2, -0.15) is 0 Å².